The molecule has 1 aliphatic heterocycles. The summed E-state index contributed by atoms with van der Waals surface area (Å²) in [6.07, 6.45) is 65.3. The van der Waals surface area contributed by atoms with E-state index in [-0.39, 0.29) is 12.5 Å². The highest BCUT2D eigenvalue weighted by Gasteiger charge is 2.44. The van der Waals surface area contributed by atoms with Gasteiger partial charge in [-0.05, 0) is 44.9 Å². The van der Waals surface area contributed by atoms with Crippen LogP contribution in [-0.4, -0.2) is 87.5 Å². The molecule has 0 aromatic rings. The first-order valence-corrected chi connectivity index (χ1v) is 32.2. The van der Waals surface area contributed by atoms with E-state index in [1.807, 2.05) is 6.08 Å². The third-order valence-electron chi connectivity index (χ3n) is 15.4. The maximum atomic E-state index is 13.1. The topological polar surface area (TPSA) is 149 Å². The molecule has 74 heavy (non-hydrogen) atoms. The molecule has 0 aromatic carbocycles. The highest BCUT2D eigenvalue weighted by atomic mass is 16.7. The Labute approximate surface area is 457 Å². The monoisotopic (exact) mass is 1050 g/mol. The van der Waals surface area contributed by atoms with Crippen LogP contribution in [0, 0.1) is 0 Å². The molecule has 1 saturated heterocycles. The Morgan fingerprint density at radius 3 is 1.14 bits per heavy atom. The third-order valence-corrected chi connectivity index (χ3v) is 15.4. The molecule has 1 amide bonds. The van der Waals surface area contributed by atoms with Crippen molar-refractivity contribution in [3.63, 3.8) is 0 Å². The molecular weight excluding hydrogens is 923 g/mol. The fourth-order valence-corrected chi connectivity index (χ4v) is 10.4. The number of ether oxygens (including phenoxy) is 2. The summed E-state index contributed by atoms with van der Waals surface area (Å²) in [4.78, 5) is 13.1. The second-order valence-corrected chi connectivity index (χ2v) is 22.5. The minimum atomic E-state index is -1.57. The van der Waals surface area contributed by atoms with Crippen molar-refractivity contribution in [3.8, 4) is 0 Å². The van der Waals surface area contributed by atoms with Gasteiger partial charge in [-0.25, -0.2) is 0 Å². The molecule has 0 aromatic heterocycles. The van der Waals surface area contributed by atoms with Gasteiger partial charge in [-0.2, -0.15) is 0 Å². The van der Waals surface area contributed by atoms with Crippen LogP contribution in [0.25, 0.3) is 0 Å². The normalized spacial score (nSPS) is 19.1. The first-order chi connectivity index (χ1) is 36.3. The fraction of sp³-hybridized carbons (Fsp3) is 0.892. The Morgan fingerprint density at radius 2 is 0.770 bits per heavy atom. The molecule has 7 atom stereocenters. The van der Waals surface area contributed by atoms with Crippen molar-refractivity contribution in [2.75, 3.05) is 13.2 Å². The molecule has 1 rings (SSSR count). The molecule has 0 saturated carbocycles. The van der Waals surface area contributed by atoms with E-state index in [1.54, 1.807) is 6.08 Å². The molecule has 1 heterocycles. The lowest BCUT2D eigenvalue weighted by Gasteiger charge is -2.40. The van der Waals surface area contributed by atoms with E-state index in [2.05, 4.69) is 43.5 Å². The molecule has 1 fully saturated rings. The predicted molar refractivity (Wildman–Crippen MR) is 313 cm³/mol. The summed E-state index contributed by atoms with van der Waals surface area (Å²) >= 11 is 0. The molecule has 0 bridgehead atoms. The number of hydrogen-bond donors (Lipinski definition) is 6. The fourth-order valence-electron chi connectivity index (χ4n) is 10.4. The highest BCUT2D eigenvalue weighted by Crippen LogP contribution is 2.23. The zero-order chi connectivity index (χ0) is 53.6. The van der Waals surface area contributed by atoms with Gasteiger partial charge in [0, 0.05) is 6.42 Å². The number of carbonyl (C=O) groups excluding carboxylic acids is 1. The molecule has 9 nitrogen and oxygen atoms in total. The minimum absolute atomic E-state index is 0.185. The summed E-state index contributed by atoms with van der Waals surface area (Å²) in [5.41, 5.74) is 0. The number of aliphatic hydroxyl groups excluding tert-OH is 5. The lowest BCUT2D eigenvalue weighted by atomic mass is 9.99. The second kappa shape index (κ2) is 54.8. The van der Waals surface area contributed by atoms with E-state index in [9.17, 15) is 30.3 Å². The molecule has 0 spiro atoms. The summed E-state index contributed by atoms with van der Waals surface area (Å²) in [6.45, 7) is 3.80. The van der Waals surface area contributed by atoms with Crippen molar-refractivity contribution < 1.29 is 39.8 Å². The average molecular weight is 1050 g/mol. The van der Waals surface area contributed by atoms with Crippen molar-refractivity contribution in [3.05, 3.63) is 36.5 Å². The van der Waals surface area contributed by atoms with Crippen molar-refractivity contribution >= 4 is 5.91 Å². The number of amides is 1. The third kappa shape index (κ3) is 43.4. The summed E-state index contributed by atoms with van der Waals surface area (Å²) in [5, 5.41) is 54.6. The highest BCUT2D eigenvalue weighted by molar-refractivity contribution is 5.76. The average Bonchev–Trinajstić information content (AvgIpc) is 3.40. The molecule has 6 N–H and O–H groups in total. The lowest BCUT2D eigenvalue weighted by Crippen LogP contribution is -2.60. The van der Waals surface area contributed by atoms with Gasteiger partial charge in [0.2, 0.25) is 5.91 Å². The van der Waals surface area contributed by atoms with E-state index < -0.39 is 49.5 Å². The van der Waals surface area contributed by atoms with Crippen LogP contribution < -0.4 is 5.32 Å². The van der Waals surface area contributed by atoms with Crippen LogP contribution in [0.4, 0.5) is 0 Å². The van der Waals surface area contributed by atoms with Crippen LogP contribution in [0.15, 0.2) is 36.5 Å². The van der Waals surface area contributed by atoms with Crippen LogP contribution in [0.3, 0.4) is 0 Å². The van der Waals surface area contributed by atoms with Crippen molar-refractivity contribution in [2.45, 2.75) is 358 Å². The first-order valence-electron chi connectivity index (χ1n) is 32.2. The number of hydrogen-bond acceptors (Lipinski definition) is 8. The van der Waals surface area contributed by atoms with E-state index in [1.165, 1.54) is 250 Å². The number of carbonyl (C=O) groups is 1. The maximum Gasteiger partial charge on any atom is 0.220 e. The van der Waals surface area contributed by atoms with Gasteiger partial charge in [0.05, 0.1) is 25.4 Å². The van der Waals surface area contributed by atoms with Crippen LogP contribution in [0.2, 0.25) is 0 Å². The molecule has 7 unspecified atom stereocenters. The van der Waals surface area contributed by atoms with Gasteiger partial charge in [-0.3, -0.25) is 4.79 Å². The Balaban J connectivity index is 2.19. The molecule has 1 aliphatic rings. The number of rotatable bonds is 56. The Bertz CT molecular complexity index is 1260. The first kappa shape index (κ1) is 70.4. The predicted octanol–water partition coefficient (Wildman–Crippen LogP) is 16.7. The summed E-state index contributed by atoms with van der Waals surface area (Å²) in [7, 11) is 0. The molecule has 0 radical (unpaired) electrons. The van der Waals surface area contributed by atoms with Crippen LogP contribution in [-0.2, 0) is 14.3 Å². The van der Waals surface area contributed by atoms with E-state index in [4.69, 9.17) is 9.47 Å². The van der Waals surface area contributed by atoms with Crippen LogP contribution in [0.1, 0.15) is 316 Å². The van der Waals surface area contributed by atoms with Crippen LogP contribution in [0.5, 0.6) is 0 Å². The van der Waals surface area contributed by atoms with E-state index in [0.717, 1.165) is 44.9 Å². The zero-order valence-corrected chi connectivity index (χ0v) is 48.6. The Kier molecular flexibility index (Phi) is 52.1. The van der Waals surface area contributed by atoms with Gasteiger partial charge < -0.3 is 40.3 Å². The van der Waals surface area contributed by atoms with Gasteiger partial charge in [0.15, 0.2) is 6.29 Å². The van der Waals surface area contributed by atoms with Gasteiger partial charge in [-0.1, -0.05) is 301 Å². The minimum Gasteiger partial charge on any atom is -0.394 e. The molecule has 9 heteroatoms. The number of unbranched alkanes of at least 4 members (excludes halogenated alkanes) is 42. The number of aliphatic hydroxyl groups is 5. The molecule has 436 valence electrons. The largest absolute Gasteiger partial charge is 0.394 e. The smallest absolute Gasteiger partial charge is 0.220 e. The SMILES string of the molecule is CCCCCCCCCCCCCCCCCCCCCCC/C=C/CC/C=C/CC/C=C/C(O)C(COC1OC(CO)C(O)C(O)C1O)NC(=O)CCCCCCCCCCCCCCCCCCCCCC. The van der Waals surface area contributed by atoms with E-state index in [0.29, 0.717) is 6.42 Å². The van der Waals surface area contributed by atoms with Gasteiger partial charge in [0.1, 0.15) is 24.4 Å². The second-order valence-electron chi connectivity index (χ2n) is 22.5. The van der Waals surface area contributed by atoms with Crippen molar-refractivity contribution in [2.24, 2.45) is 0 Å². The lowest BCUT2D eigenvalue weighted by molar-refractivity contribution is -0.302. The Morgan fingerprint density at radius 1 is 0.446 bits per heavy atom. The summed E-state index contributed by atoms with van der Waals surface area (Å²) in [6, 6.07) is -0.827. The molecular formula is C65H123NO8. The quantitative estimate of drug-likeness (QED) is 0.0261. The van der Waals surface area contributed by atoms with Crippen molar-refractivity contribution in [1.29, 1.82) is 0 Å². The van der Waals surface area contributed by atoms with Crippen molar-refractivity contribution in [1.82, 2.24) is 5.32 Å². The van der Waals surface area contributed by atoms with E-state index >= 15 is 0 Å². The number of allylic oxidation sites excluding steroid dienone is 5. The Hall–Kier alpha value is -1.59. The zero-order valence-electron chi connectivity index (χ0n) is 48.6. The number of nitrogens with one attached hydrogen (secondary N) is 1. The van der Waals surface area contributed by atoms with Gasteiger partial charge in [-0.15, -0.1) is 0 Å². The maximum absolute atomic E-state index is 13.1. The summed E-state index contributed by atoms with van der Waals surface area (Å²) in [5.74, 6) is -0.185. The standard InChI is InChI=1S/C65H123NO8/c1-3-5-7-9-11-13-15-17-19-21-23-25-26-27-28-29-30-31-32-33-34-35-36-38-40-42-44-46-48-50-52-54-59(68)58(57-73-65-64(72)63(71)62(70)60(56-67)74-65)66-61(69)55-53-51-49-47-45-43-41-39-37-24-22-20-18-16-14-12-10-8-6-4-2/h36,38,44,46,52,54,58-60,62-65,67-68,70-72H,3-35,37,39-43,45,47-51,53,55-57H2,1-2H3,(H,66,69)/b38-36+,46-44+,54-52+. The van der Waals surface area contributed by atoms with Gasteiger partial charge >= 0.3 is 0 Å². The van der Waals surface area contributed by atoms with Crippen LogP contribution >= 0.6 is 0 Å². The van der Waals surface area contributed by atoms with Gasteiger partial charge in [0.25, 0.3) is 0 Å². The summed E-state index contributed by atoms with van der Waals surface area (Å²) < 4.78 is 11.3. The molecule has 0 aliphatic carbocycles.